The first-order chi connectivity index (χ1) is 10.0. The second kappa shape index (κ2) is 6.01. The zero-order valence-electron chi connectivity index (χ0n) is 11.7. The van der Waals surface area contributed by atoms with Gasteiger partial charge in [-0.3, -0.25) is 14.4 Å². The van der Waals surface area contributed by atoms with E-state index in [4.69, 9.17) is 10.6 Å². The summed E-state index contributed by atoms with van der Waals surface area (Å²) in [4.78, 5) is 40.5. The Balaban J connectivity index is 2.18. The van der Waals surface area contributed by atoms with Crippen molar-refractivity contribution in [3.63, 3.8) is 0 Å². The topological polar surface area (TPSA) is 89.7 Å². The van der Waals surface area contributed by atoms with E-state index in [1.807, 2.05) is 30.3 Å². The van der Waals surface area contributed by atoms with Gasteiger partial charge in [0.05, 0.1) is 12.0 Å². The number of hydrogen-bond donors (Lipinski definition) is 1. The average Bonchev–Trinajstić information content (AvgIpc) is 2.51. The molecule has 2 rings (SSSR count). The van der Waals surface area contributed by atoms with Crippen molar-refractivity contribution in [3.05, 3.63) is 41.5 Å². The number of imide groups is 1. The molecular weight excluding hydrogens is 272 g/mol. The number of carbonyl (C=O) groups excluding carboxylic acids is 3. The molecule has 0 spiro atoms. The lowest BCUT2D eigenvalue weighted by molar-refractivity contribution is -0.205. The van der Waals surface area contributed by atoms with Crippen LogP contribution in [0.5, 0.6) is 0 Å². The van der Waals surface area contributed by atoms with E-state index >= 15 is 0 Å². The molecule has 0 bridgehead atoms. The number of nitrogens with zero attached hydrogens (tertiary/aromatic N) is 1. The van der Waals surface area contributed by atoms with Crippen molar-refractivity contribution < 1.29 is 19.2 Å². The van der Waals surface area contributed by atoms with E-state index in [0.717, 1.165) is 5.56 Å². The Labute approximate surface area is 122 Å². The molecule has 0 aliphatic carbocycles. The van der Waals surface area contributed by atoms with Crippen LogP contribution in [0.2, 0.25) is 0 Å². The predicted molar refractivity (Wildman–Crippen MR) is 74.1 cm³/mol. The SMILES string of the molecule is CCC1(N)C(=O)N(OCc2ccccc2)C(=O)CC1=C=O. The molecule has 21 heavy (non-hydrogen) atoms. The summed E-state index contributed by atoms with van der Waals surface area (Å²) in [7, 11) is 0. The van der Waals surface area contributed by atoms with Gasteiger partial charge in [-0.25, -0.2) is 4.79 Å². The van der Waals surface area contributed by atoms with Gasteiger partial charge in [0, 0.05) is 0 Å². The number of amides is 2. The molecule has 2 N–H and O–H groups in total. The number of carbonyl (C=O) groups is 2. The summed E-state index contributed by atoms with van der Waals surface area (Å²) in [5, 5.41) is 0.664. The molecule has 1 fully saturated rings. The number of benzene rings is 1. The molecule has 1 aliphatic rings. The van der Waals surface area contributed by atoms with Crippen LogP contribution in [0.4, 0.5) is 0 Å². The van der Waals surface area contributed by atoms with Gasteiger partial charge in [0.15, 0.2) is 0 Å². The van der Waals surface area contributed by atoms with Crippen LogP contribution in [0, 0.1) is 0 Å². The van der Waals surface area contributed by atoms with E-state index in [9.17, 15) is 14.4 Å². The van der Waals surface area contributed by atoms with E-state index in [2.05, 4.69) is 0 Å². The molecular formula is C15H16N2O4. The quantitative estimate of drug-likeness (QED) is 0.652. The van der Waals surface area contributed by atoms with Crippen molar-refractivity contribution in [1.82, 2.24) is 5.06 Å². The fraction of sp³-hybridized carbons (Fsp3) is 0.333. The van der Waals surface area contributed by atoms with E-state index in [0.29, 0.717) is 5.06 Å². The molecule has 1 saturated heterocycles. The van der Waals surface area contributed by atoms with E-state index in [1.165, 1.54) is 0 Å². The van der Waals surface area contributed by atoms with Crippen LogP contribution in [-0.4, -0.2) is 28.4 Å². The molecule has 0 aromatic heterocycles. The summed E-state index contributed by atoms with van der Waals surface area (Å²) in [6.45, 7) is 1.73. The monoisotopic (exact) mass is 288 g/mol. The smallest absolute Gasteiger partial charge is 0.278 e. The largest absolute Gasteiger partial charge is 0.313 e. The van der Waals surface area contributed by atoms with Crippen LogP contribution < -0.4 is 5.73 Å². The number of piperidine rings is 1. The number of hydroxylamine groups is 2. The molecule has 6 heteroatoms. The zero-order chi connectivity index (χ0) is 15.5. The Morgan fingerprint density at radius 2 is 2.00 bits per heavy atom. The molecule has 1 unspecified atom stereocenters. The standard InChI is InChI=1S/C15H16N2O4/c1-2-15(16)12(9-18)8-13(19)17(14(15)20)21-10-11-6-4-3-5-7-11/h3-7H,2,8,10,16H2,1H3. The van der Waals surface area contributed by atoms with Gasteiger partial charge in [-0.15, -0.1) is 0 Å². The Kier molecular flexibility index (Phi) is 4.33. The lowest BCUT2D eigenvalue weighted by Crippen LogP contribution is -2.61. The summed E-state index contributed by atoms with van der Waals surface area (Å²) < 4.78 is 0. The predicted octanol–water partition coefficient (Wildman–Crippen LogP) is 0.743. The van der Waals surface area contributed by atoms with Gasteiger partial charge in [-0.1, -0.05) is 37.3 Å². The lowest BCUT2D eigenvalue weighted by Gasteiger charge is -2.36. The Morgan fingerprint density at radius 1 is 1.33 bits per heavy atom. The minimum atomic E-state index is -1.52. The van der Waals surface area contributed by atoms with Crippen LogP contribution in [0.25, 0.3) is 0 Å². The summed E-state index contributed by atoms with van der Waals surface area (Å²) in [5.41, 5.74) is 5.22. The molecule has 1 heterocycles. The van der Waals surface area contributed by atoms with E-state index in [-0.39, 0.29) is 25.0 Å². The highest BCUT2D eigenvalue weighted by atomic mass is 16.7. The number of nitrogens with two attached hydrogens (primary N) is 1. The van der Waals surface area contributed by atoms with Crippen molar-refractivity contribution in [3.8, 4) is 0 Å². The first-order valence-corrected chi connectivity index (χ1v) is 6.60. The van der Waals surface area contributed by atoms with Gasteiger partial charge in [0.1, 0.15) is 18.1 Å². The van der Waals surface area contributed by atoms with Crippen molar-refractivity contribution >= 4 is 17.8 Å². The van der Waals surface area contributed by atoms with E-state index in [1.54, 1.807) is 12.9 Å². The Hall–Kier alpha value is -2.27. The summed E-state index contributed by atoms with van der Waals surface area (Å²) in [6, 6.07) is 9.12. The number of rotatable bonds is 4. The maximum absolute atomic E-state index is 12.3. The lowest BCUT2D eigenvalue weighted by atomic mass is 9.83. The molecule has 1 aliphatic heterocycles. The maximum Gasteiger partial charge on any atom is 0.278 e. The van der Waals surface area contributed by atoms with Crippen LogP contribution in [0.15, 0.2) is 35.9 Å². The first-order valence-electron chi connectivity index (χ1n) is 6.60. The number of hydrogen-bond acceptors (Lipinski definition) is 5. The third-order valence-electron chi connectivity index (χ3n) is 3.54. The molecule has 0 radical (unpaired) electrons. The fourth-order valence-corrected chi connectivity index (χ4v) is 2.14. The van der Waals surface area contributed by atoms with Crippen LogP contribution in [0.1, 0.15) is 25.3 Å². The second-order valence-electron chi connectivity index (χ2n) is 4.83. The molecule has 0 saturated carbocycles. The summed E-state index contributed by atoms with van der Waals surface area (Å²) >= 11 is 0. The van der Waals surface area contributed by atoms with Gasteiger partial charge < -0.3 is 5.73 Å². The third-order valence-corrected chi connectivity index (χ3v) is 3.54. The van der Waals surface area contributed by atoms with Gasteiger partial charge in [0.2, 0.25) is 0 Å². The molecule has 1 atom stereocenters. The molecule has 6 nitrogen and oxygen atoms in total. The van der Waals surface area contributed by atoms with Gasteiger partial charge >= 0.3 is 0 Å². The molecule has 1 aromatic rings. The average molecular weight is 288 g/mol. The molecule has 1 aromatic carbocycles. The molecule has 110 valence electrons. The second-order valence-corrected chi connectivity index (χ2v) is 4.83. The highest BCUT2D eigenvalue weighted by Gasteiger charge is 2.48. The van der Waals surface area contributed by atoms with Crippen molar-refractivity contribution in [2.75, 3.05) is 0 Å². The minimum absolute atomic E-state index is 0.0282. The van der Waals surface area contributed by atoms with Crippen LogP contribution in [0.3, 0.4) is 0 Å². The van der Waals surface area contributed by atoms with Gasteiger partial charge in [-0.05, 0) is 12.0 Å². The summed E-state index contributed by atoms with van der Waals surface area (Å²) in [5.74, 6) is 0.284. The third kappa shape index (κ3) is 2.78. The fourth-order valence-electron chi connectivity index (χ4n) is 2.14. The zero-order valence-corrected chi connectivity index (χ0v) is 11.7. The van der Waals surface area contributed by atoms with Crippen molar-refractivity contribution in [2.24, 2.45) is 5.73 Å². The van der Waals surface area contributed by atoms with Gasteiger partial charge in [0.25, 0.3) is 11.8 Å². The highest BCUT2D eigenvalue weighted by molar-refractivity contribution is 6.07. The van der Waals surface area contributed by atoms with E-state index < -0.39 is 17.4 Å². The van der Waals surface area contributed by atoms with Gasteiger partial charge in [-0.2, -0.15) is 5.06 Å². The summed E-state index contributed by atoms with van der Waals surface area (Å²) in [6.07, 6.45) is -0.0662. The molecule has 2 amide bonds. The minimum Gasteiger partial charge on any atom is -0.313 e. The Bertz CT molecular complexity index is 607. The first kappa shape index (κ1) is 15.1. The maximum atomic E-state index is 12.3. The van der Waals surface area contributed by atoms with Crippen molar-refractivity contribution in [2.45, 2.75) is 31.9 Å². The van der Waals surface area contributed by atoms with Crippen LogP contribution >= 0.6 is 0 Å². The normalized spacial score (nSPS) is 22.4. The Morgan fingerprint density at radius 3 is 2.57 bits per heavy atom. The van der Waals surface area contributed by atoms with Crippen molar-refractivity contribution in [1.29, 1.82) is 0 Å². The van der Waals surface area contributed by atoms with Crippen LogP contribution in [-0.2, 0) is 25.8 Å². The highest BCUT2D eigenvalue weighted by Crippen LogP contribution is 2.28.